The van der Waals surface area contributed by atoms with E-state index >= 15 is 0 Å². The van der Waals surface area contributed by atoms with E-state index in [0.717, 1.165) is 5.56 Å². The molecule has 2 rings (SSSR count). The van der Waals surface area contributed by atoms with Gasteiger partial charge in [0.1, 0.15) is 6.10 Å². The number of amides is 1. The van der Waals surface area contributed by atoms with Crippen molar-refractivity contribution in [2.24, 2.45) is 0 Å². The summed E-state index contributed by atoms with van der Waals surface area (Å²) in [6.07, 6.45) is -0.115. The number of carbonyl (C=O) groups excluding carboxylic acids is 1. The summed E-state index contributed by atoms with van der Waals surface area (Å²) in [6.45, 7) is 0.446. The fraction of sp³-hybridized carbons (Fsp3) is 0.250. The van der Waals surface area contributed by atoms with Crippen molar-refractivity contribution >= 4 is 40.2 Å². The molecule has 0 aromatic carbocycles. The molecule has 2 aromatic heterocycles. The summed E-state index contributed by atoms with van der Waals surface area (Å²) >= 11 is 8.67. The Morgan fingerprint density at radius 1 is 1.50 bits per heavy atom. The summed E-state index contributed by atoms with van der Waals surface area (Å²) in [6, 6.07) is 5.43. The SMILES string of the molecule is CO[C@H](CNC(=O)c1ccc(Cl)s1)c1ccsc1. The molecule has 0 bridgehead atoms. The van der Waals surface area contributed by atoms with Crippen LogP contribution in [0.2, 0.25) is 4.34 Å². The number of carbonyl (C=O) groups is 1. The minimum atomic E-state index is -0.121. The predicted octanol–water partition coefficient (Wildman–Crippen LogP) is 3.58. The lowest BCUT2D eigenvalue weighted by atomic mass is 10.2. The number of halogens is 1. The van der Waals surface area contributed by atoms with Crippen molar-refractivity contribution < 1.29 is 9.53 Å². The number of hydrogen-bond acceptors (Lipinski definition) is 4. The quantitative estimate of drug-likeness (QED) is 0.916. The van der Waals surface area contributed by atoms with Crippen LogP contribution in [0.4, 0.5) is 0 Å². The van der Waals surface area contributed by atoms with Gasteiger partial charge in [0.05, 0.1) is 9.21 Å². The average molecular weight is 302 g/mol. The Hall–Kier alpha value is -0.880. The third-order valence-electron chi connectivity index (χ3n) is 2.44. The lowest BCUT2D eigenvalue weighted by Crippen LogP contribution is -2.28. The van der Waals surface area contributed by atoms with Gasteiger partial charge in [-0.2, -0.15) is 11.3 Å². The summed E-state index contributed by atoms with van der Waals surface area (Å²) in [5.41, 5.74) is 1.08. The van der Waals surface area contributed by atoms with Crippen molar-refractivity contribution in [3.8, 4) is 0 Å². The van der Waals surface area contributed by atoms with E-state index in [1.165, 1.54) is 11.3 Å². The van der Waals surface area contributed by atoms with Crippen molar-refractivity contribution in [2.45, 2.75) is 6.10 Å². The maximum atomic E-state index is 11.8. The van der Waals surface area contributed by atoms with Crippen LogP contribution in [-0.2, 0) is 4.74 Å². The van der Waals surface area contributed by atoms with Gasteiger partial charge in [-0.1, -0.05) is 11.6 Å². The van der Waals surface area contributed by atoms with Gasteiger partial charge in [0, 0.05) is 13.7 Å². The van der Waals surface area contributed by atoms with Crippen molar-refractivity contribution in [2.75, 3.05) is 13.7 Å². The number of rotatable bonds is 5. The maximum Gasteiger partial charge on any atom is 0.261 e. The van der Waals surface area contributed by atoms with E-state index in [1.807, 2.05) is 16.8 Å². The molecule has 1 N–H and O–H groups in total. The van der Waals surface area contributed by atoms with Gasteiger partial charge in [-0.3, -0.25) is 4.79 Å². The van der Waals surface area contributed by atoms with Crippen LogP contribution >= 0.6 is 34.3 Å². The first kappa shape index (κ1) is 13.5. The molecule has 0 aliphatic carbocycles. The molecule has 0 unspecified atom stereocenters. The highest BCUT2D eigenvalue weighted by Gasteiger charge is 2.14. The predicted molar refractivity (Wildman–Crippen MR) is 75.7 cm³/mol. The summed E-state index contributed by atoms with van der Waals surface area (Å²) in [4.78, 5) is 12.4. The molecule has 96 valence electrons. The first-order valence-electron chi connectivity index (χ1n) is 5.29. The van der Waals surface area contributed by atoms with E-state index in [1.54, 1.807) is 30.6 Å². The van der Waals surface area contributed by atoms with E-state index < -0.39 is 0 Å². The fourth-order valence-corrected chi connectivity index (χ4v) is 3.17. The Bertz CT molecular complexity index is 510. The smallest absolute Gasteiger partial charge is 0.261 e. The van der Waals surface area contributed by atoms with Crippen molar-refractivity contribution in [3.63, 3.8) is 0 Å². The van der Waals surface area contributed by atoms with Gasteiger partial charge in [-0.05, 0) is 34.5 Å². The second-order valence-electron chi connectivity index (χ2n) is 3.59. The van der Waals surface area contributed by atoms with Gasteiger partial charge >= 0.3 is 0 Å². The summed E-state index contributed by atoms with van der Waals surface area (Å²) < 4.78 is 5.97. The van der Waals surface area contributed by atoms with E-state index in [4.69, 9.17) is 16.3 Å². The molecule has 3 nitrogen and oxygen atoms in total. The lowest BCUT2D eigenvalue weighted by Gasteiger charge is -2.14. The van der Waals surface area contributed by atoms with Crippen molar-refractivity contribution in [3.05, 3.63) is 43.7 Å². The summed E-state index contributed by atoms with van der Waals surface area (Å²) in [7, 11) is 1.64. The molecule has 1 amide bonds. The van der Waals surface area contributed by atoms with Crippen LogP contribution in [0.3, 0.4) is 0 Å². The van der Waals surface area contributed by atoms with E-state index in [2.05, 4.69) is 5.32 Å². The minimum absolute atomic E-state index is 0.115. The normalized spacial score (nSPS) is 12.3. The molecule has 0 aliphatic heterocycles. The van der Waals surface area contributed by atoms with Gasteiger partial charge < -0.3 is 10.1 Å². The number of ether oxygens (including phenoxy) is 1. The molecule has 2 heterocycles. The molecule has 2 aromatic rings. The molecule has 0 radical (unpaired) electrons. The van der Waals surface area contributed by atoms with Gasteiger partial charge in [0.25, 0.3) is 5.91 Å². The number of nitrogens with one attached hydrogen (secondary N) is 1. The molecule has 0 fully saturated rings. The Kier molecular flexibility index (Phi) is 4.77. The van der Waals surface area contributed by atoms with E-state index in [9.17, 15) is 4.79 Å². The van der Waals surface area contributed by atoms with E-state index in [0.29, 0.717) is 15.8 Å². The van der Waals surface area contributed by atoms with Gasteiger partial charge in [-0.15, -0.1) is 11.3 Å². The highest BCUT2D eigenvalue weighted by Crippen LogP contribution is 2.22. The summed E-state index contributed by atoms with van der Waals surface area (Å²) in [5.74, 6) is -0.121. The largest absolute Gasteiger partial charge is 0.375 e. The van der Waals surface area contributed by atoms with Crippen LogP contribution in [0.15, 0.2) is 29.0 Å². The van der Waals surface area contributed by atoms with Gasteiger partial charge in [0.15, 0.2) is 0 Å². The second kappa shape index (κ2) is 6.33. The molecular formula is C12H12ClNO2S2. The fourth-order valence-electron chi connectivity index (χ4n) is 1.50. The van der Waals surface area contributed by atoms with Gasteiger partial charge in [0.2, 0.25) is 0 Å². The van der Waals surface area contributed by atoms with Gasteiger partial charge in [-0.25, -0.2) is 0 Å². The van der Waals surface area contributed by atoms with Crippen LogP contribution in [0, 0.1) is 0 Å². The van der Waals surface area contributed by atoms with Crippen molar-refractivity contribution in [1.29, 1.82) is 0 Å². The molecule has 0 spiro atoms. The molecular weight excluding hydrogens is 290 g/mol. The molecule has 0 aliphatic rings. The van der Waals surface area contributed by atoms with Crippen LogP contribution in [-0.4, -0.2) is 19.6 Å². The number of thiophene rings is 2. The Balaban J connectivity index is 1.92. The zero-order chi connectivity index (χ0) is 13.0. The highest BCUT2D eigenvalue weighted by atomic mass is 35.5. The number of methoxy groups -OCH3 is 1. The van der Waals surface area contributed by atoms with Crippen LogP contribution in [0.25, 0.3) is 0 Å². The minimum Gasteiger partial charge on any atom is -0.375 e. The van der Waals surface area contributed by atoms with E-state index in [-0.39, 0.29) is 12.0 Å². The Morgan fingerprint density at radius 2 is 2.33 bits per heavy atom. The maximum absolute atomic E-state index is 11.8. The zero-order valence-electron chi connectivity index (χ0n) is 9.68. The second-order valence-corrected chi connectivity index (χ2v) is 6.09. The van der Waals surface area contributed by atoms with Crippen LogP contribution in [0.1, 0.15) is 21.3 Å². The summed E-state index contributed by atoms with van der Waals surface area (Å²) in [5, 5.41) is 6.85. The molecule has 6 heteroatoms. The molecule has 0 saturated heterocycles. The molecule has 1 atom stereocenters. The third kappa shape index (κ3) is 3.32. The Labute approximate surface area is 118 Å². The first-order valence-corrected chi connectivity index (χ1v) is 7.43. The standard InChI is InChI=1S/C12H12ClNO2S2/c1-16-9(8-4-5-17-7-8)6-14-12(15)10-2-3-11(13)18-10/h2-5,7,9H,6H2,1H3,(H,14,15)/t9-/m1/s1. The Morgan fingerprint density at radius 3 is 2.89 bits per heavy atom. The topological polar surface area (TPSA) is 38.3 Å². The third-order valence-corrected chi connectivity index (χ3v) is 4.38. The monoisotopic (exact) mass is 301 g/mol. The molecule has 18 heavy (non-hydrogen) atoms. The highest BCUT2D eigenvalue weighted by molar-refractivity contribution is 7.18. The van der Waals surface area contributed by atoms with Crippen molar-refractivity contribution in [1.82, 2.24) is 5.32 Å². The first-order chi connectivity index (χ1) is 8.70. The number of hydrogen-bond donors (Lipinski definition) is 1. The molecule has 0 saturated carbocycles. The van der Waals surface area contributed by atoms with Crippen LogP contribution < -0.4 is 5.32 Å². The lowest BCUT2D eigenvalue weighted by molar-refractivity contribution is 0.0832. The van der Waals surface area contributed by atoms with Crippen LogP contribution in [0.5, 0.6) is 0 Å². The zero-order valence-corrected chi connectivity index (χ0v) is 12.1. The average Bonchev–Trinajstić information content (AvgIpc) is 3.01.